The first kappa shape index (κ1) is 27.5. The second-order valence-electron chi connectivity index (χ2n) is 8.02. The summed E-state index contributed by atoms with van der Waals surface area (Å²) in [6.45, 7) is 6.45. The number of ether oxygens (including phenoxy) is 2. The maximum absolute atomic E-state index is 12.2. The number of amides is 2. The third kappa shape index (κ3) is 8.81. The van der Waals surface area contributed by atoms with Crippen LogP contribution in [0.1, 0.15) is 36.5 Å². The fourth-order valence-electron chi connectivity index (χ4n) is 3.46. The molecule has 0 spiro atoms. The molecule has 0 saturated carbocycles. The van der Waals surface area contributed by atoms with Crippen LogP contribution in [0.25, 0.3) is 0 Å². The molecule has 0 aliphatic carbocycles. The first-order chi connectivity index (χ1) is 18.0. The molecule has 7 nitrogen and oxygen atoms in total. The number of halogens is 1. The maximum Gasteiger partial charge on any atom is 0.240 e. The first-order valence-corrected chi connectivity index (χ1v) is 12.3. The molecule has 0 unspecified atom stereocenters. The molecule has 37 heavy (non-hydrogen) atoms. The molecule has 0 aliphatic heterocycles. The van der Waals surface area contributed by atoms with E-state index in [-0.39, 0.29) is 31.3 Å². The summed E-state index contributed by atoms with van der Waals surface area (Å²) in [5.74, 6) is 0.551. The highest BCUT2D eigenvalue weighted by Gasteiger charge is 2.14. The topological polar surface area (TPSA) is 89.0 Å². The van der Waals surface area contributed by atoms with Gasteiger partial charge in [0, 0.05) is 34.7 Å². The van der Waals surface area contributed by atoms with E-state index >= 15 is 0 Å². The summed E-state index contributed by atoms with van der Waals surface area (Å²) in [4.78, 5) is 24.2. The van der Waals surface area contributed by atoms with Gasteiger partial charge in [0.25, 0.3) is 0 Å². The summed E-state index contributed by atoms with van der Waals surface area (Å²) in [5, 5.41) is 7.42. The van der Waals surface area contributed by atoms with Crippen molar-refractivity contribution in [3.63, 3.8) is 0 Å². The molecule has 0 radical (unpaired) electrons. The van der Waals surface area contributed by atoms with Crippen molar-refractivity contribution in [2.24, 2.45) is 5.10 Å². The average Bonchev–Trinajstić information content (AvgIpc) is 2.89. The lowest BCUT2D eigenvalue weighted by Crippen LogP contribution is -2.20. The Morgan fingerprint density at radius 3 is 2.43 bits per heavy atom. The molecule has 0 fully saturated rings. The van der Waals surface area contributed by atoms with E-state index in [1.54, 1.807) is 24.3 Å². The van der Waals surface area contributed by atoms with Crippen LogP contribution in [0.5, 0.6) is 11.5 Å². The molecule has 3 rings (SSSR count). The molecule has 0 saturated heterocycles. The Hall–Kier alpha value is -4.10. The molecule has 3 aromatic rings. The monoisotopic (exact) mass is 519 g/mol. The number of anilines is 1. The lowest BCUT2D eigenvalue weighted by molar-refractivity contribution is -0.124. The number of hydrazone groups is 1. The second kappa shape index (κ2) is 14.5. The summed E-state index contributed by atoms with van der Waals surface area (Å²) in [6, 6.07) is 20.3. The molecule has 0 bridgehead atoms. The van der Waals surface area contributed by atoms with E-state index in [0.717, 1.165) is 11.1 Å². The van der Waals surface area contributed by atoms with Gasteiger partial charge in [-0.15, -0.1) is 6.58 Å². The zero-order chi connectivity index (χ0) is 26.5. The predicted octanol–water partition coefficient (Wildman–Crippen LogP) is 5.92. The number of carbonyl (C=O) groups is 2. The van der Waals surface area contributed by atoms with Crippen molar-refractivity contribution in [1.29, 1.82) is 0 Å². The quantitative estimate of drug-likeness (QED) is 0.167. The van der Waals surface area contributed by atoms with E-state index in [4.69, 9.17) is 21.1 Å². The van der Waals surface area contributed by atoms with Crippen LogP contribution in [-0.2, 0) is 22.6 Å². The highest BCUT2D eigenvalue weighted by Crippen LogP contribution is 2.34. The average molecular weight is 520 g/mol. The van der Waals surface area contributed by atoms with E-state index in [1.165, 1.54) is 6.21 Å². The normalized spacial score (nSPS) is 10.6. The maximum atomic E-state index is 12.2. The molecule has 192 valence electrons. The van der Waals surface area contributed by atoms with Crippen molar-refractivity contribution in [2.45, 2.75) is 32.8 Å². The van der Waals surface area contributed by atoms with Crippen LogP contribution in [0, 0.1) is 0 Å². The van der Waals surface area contributed by atoms with Crippen molar-refractivity contribution >= 4 is 35.3 Å². The van der Waals surface area contributed by atoms with Gasteiger partial charge in [-0.25, -0.2) is 5.43 Å². The smallest absolute Gasteiger partial charge is 0.240 e. The van der Waals surface area contributed by atoms with Crippen LogP contribution >= 0.6 is 11.6 Å². The summed E-state index contributed by atoms with van der Waals surface area (Å²) in [5.41, 5.74) is 5.59. The number of nitrogens with zero attached hydrogens (tertiary/aromatic N) is 1. The third-order valence-corrected chi connectivity index (χ3v) is 5.56. The summed E-state index contributed by atoms with van der Waals surface area (Å²) >= 11 is 6.27. The highest BCUT2D eigenvalue weighted by molar-refractivity contribution is 6.31. The Kier molecular flexibility index (Phi) is 10.7. The van der Waals surface area contributed by atoms with E-state index in [2.05, 4.69) is 22.4 Å². The van der Waals surface area contributed by atoms with Crippen LogP contribution in [-0.4, -0.2) is 24.6 Å². The molecule has 0 heterocycles. The molecular formula is C29H30ClN3O4. The number of allylic oxidation sites excluding steroid dienone is 1. The van der Waals surface area contributed by atoms with Crippen LogP contribution in [0.4, 0.5) is 5.69 Å². The van der Waals surface area contributed by atoms with Gasteiger partial charge in [0.05, 0.1) is 12.8 Å². The minimum Gasteiger partial charge on any atom is -0.490 e. The van der Waals surface area contributed by atoms with Gasteiger partial charge in [0.1, 0.15) is 6.61 Å². The van der Waals surface area contributed by atoms with Crippen LogP contribution < -0.4 is 20.2 Å². The van der Waals surface area contributed by atoms with E-state index < -0.39 is 0 Å². The molecular weight excluding hydrogens is 490 g/mol. The van der Waals surface area contributed by atoms with Crippen LogP contribution in [0.15, 0.2) is 84.5 Å². The van der Waals surface area contributed by atoms with Gasteiger partial charge in [-0.1, -0.05) is 54.1 Å². The molecule has 2 N–H and O–H groups in total. The number of para-hydroxylation sites is 1. The number of hydrogen-bond donors (Lipinski definition) is 2. The number of nitrogens with one attached hydrogen (secondary N) is 2. The summed E-state index contributed by atoms with van der Waals surface area (Å²) in [6.07, 6.45) is 3.90. The summed E-state index contributed by atoms with van der Waals surface area (Å²) < 4.78 is 12.0. The van der Waals surface area contributed by atoms with E-state index in [9.17, 15) is 9.59 Å². The molecule has 0 aliphatic rings. The molecule has 3 aromatic carbocycles. The van der Waals surface area contributed by atoms with Gasteiger partial charge in [-0.05, 0) is 49.2 Å². The number of hydrogen-bond acceptors (Lipinski definition) is 5. The van der Waals surface area contributed by atoms with Gasteiger partial charge in [-0.3, -0.25) is 9.59 Å². The fraction of sp³-hybridized carbons (Fsp3) is 0.207. The zero-order valence-electron chi connectivity index (χ0n) is 20.7. The third-order valence-electron chi connectivity index (χ3n) is 5.19. The number of carbonyl (C=O) groups excluding carboxylic acids is 2. The van der Waals surface area contributed by atoms with Crippen molar-refractivity contribution in [3.05, 3.63) is 101 Å². The van der Waals surface area contributed by atoms with Gasteiger partial charge < -0.3 is 14.8 Å². The lowest BCUT2D eigenvalue weighted by atomic mass is 10.1. The molecule has 2 amide bonds. The van der Waals surface area contributed by atoms with Crippen LogP contribution in [0.2, 0.25) is 5.02 Å². The minimum absolute atomic E-state index is 0.0107. The van der Waals surface area contributed by atoms with E-state index in [0.29, 0.717) is 40.8 Å². The standard InChI is InChI=1S/C29H30ClN3O4/c1-3-10-22-17-21(18-26(36-4-2)29(22)37-20-23-11-8-9-14-25(23)30)19-31-33-28(35)16-15-27(34)32-24-12-6-5-7-13-24/h3,5-9,11-14,17-19H,1,4,10,15-16,20H2,2H3,(H,32,34)(H,33,35). The van der Waals surface area contributed by atoms with Gasteiger partial charge >= 0.3 is 0 Å². The first-order valence-electron chi connectivity index (χ1n) is 11.9. The summed E-state index contributed by atoms with van der Waals surface area (Å²) in [7, 11) is 0. The Morgan fingerprint density at radius 2 is 1.70 bits per heavy atom. The minimum atomic E-state index is -0.365. The number of benzene rings is 3. The van der Waals surface area contributed by atoms with Crippen molar-refractivity contribution in [2.75, 3.05) is 11.9 Å². The Balaban J connectivity index is 1.63. The predicted molar refractivity (Wildman–Crippen MR) is 147 cm³/mol. The van der Waals surface area contributed by atoms with Crippen molar-refractivity contribution in [3.8, 4) is 11.5 Å². The van der Waals surface area contributed by atoms with Gasteiger partial charge in [0.2, 0.25) is 11.8 Å². The second-order valence-corrected chi connectivity index (χ2v) is 8.43. The fourth-order valence-corrected chi connectivity index (χ4v) is 3.65. The van der Waals surface area contributed by atoms with Crippen LogP contribution in [0.3, 0.4) is 0 Å². The molecule has 0 aromatic heterocycles. The van der Waals surface area contributed by atoms with Crippen molar-refractivity contribution < 1.29 is 19.1 Å². The van der Waals surface area contributed by atoms with Gasteiger partial charge in [0.15, 0.2) is 11.5 Å². The number of rotatable bonds is 13. The van der Waals surface area contributed by atoms with Gasteiger partial charge in [-0.2, -0.15) is 5.10 Å². The Bertz CT molecular complexity index is 1250. The highest BCUT2D eigenvalue weighted by atomic mass is 35.5. The van der Waals surface area contributed by atoms with E-state index in [1.807, 2.05) is 55.5 Å². The SMILES string of the molecule is C=CCc1cc(C=NNC(=O)CCC(=O)Nc2ccccc2)cc(OCC)c1OCc1ccccc1Cl. The zero-order valence-corrected chi connectivity index (χ0v) is 21.5. The molecule has 0 atom stereocenters. The Morgan fingerprint density at radius 1 is 0.973 bits per heavy atom. The lowest BCUT2D eigenvalue weighted by Gasteiger charge is -2.17. The largest absolute Gasteiger partial charge is 0.490 e. The Labute approximate surface area is 222 Å². The van der Waals surface area contributed by atoms with Crippen molar-refractivity contribution in [1.82, 2.24) is 5.43 Å². The molecule has 8 heteroatoms.